The fraction of sp³-hybridized carbons (Fsp3) is 0.900. The molecule has 0 bridgehead atoms. The summed E-state index contributed by atoms with van der Waals surface area (Å²) in [6.07, 6.45) is 22.0. The molecule has 0 amide bonds. The van der Waals surface area contributed by atoms with Gasteiger partial charge < -0.3 is 9.84 Å². The number of aliphatic hydroxyl groups is 1. The predicted molar refractivity (Wildman–Crippen MR) is 106 cm³/mol. The maximum absolute atomic E-state index is 8.63. The highest BCUT2D eigenvalue weighted by molar-refractivity contribution is 8.35. The molecule has 0 saturated heterocycles. The summed E-state index contributed by atoms with van der Waals surface area (Å²) in [5.74, 6) is 3.34. The van der Waals surface area contributed by atoms with Crippen LogP contribution in [0.5, 0.6) is 0 Å². The first-order chi connectivity index (χ1) is 11.1. The summed E-state index contributed by atoms with van der Waals surface area (Å²) in [4.78, 5) is 0. The van der Waals surface area contributed by atoms with Crippen molar-refractivity contribution in [2.24, 2.45) is 0 Å². The van der Waals surface area contributed by atoms with Gasteiger partial charge in [-0.1, -0.05) is 62.5 Å². The van der Waals surface area contributed by atoms with Gasteiger partial charge in [0.2, 0.25) is 0 Å². The molecule has 0 aliphatic heterocycles. The van der Waals surface area contributed by atoms with Crippen molar-refractivity contribution < 1.29 is 9.84 Å². The van der Waals surface area contributed by atoms with Gasteiger partial charge in [0.25, 0.3) is 0 Å². The van der Waals surface area contributed by atoms with Crippen molar-refractivity contribution in [3.63, 3.8) is 0 Å². The lowest BCUT2D eigenvalue weighted by Crippen LogP contribution is -1.98. The molecule has 0 saturated carbocycles. The molecule has 0 spiro atoms. The second-order valence-electron chi connectivity index (χ2n) is 7.09. The monoisotopic (exact) mass is 344 g/mol. The first kappa shape index (κ1) is 22.8. The zero-order valence-electron chi connectivity index (χ0n) is 15.9. The van der Waals surface area contributed by atoms with Crippen LogP contribution in [0.4, 0.5) is 0 Å². The normalized spacial score (nSPS) is 12.0. The number of rotatable bonds is 15. The van der Waals surface area contributed by atoms with E-state index in [1.165, 1.54) is 64.2 Å². The Morgan fingerprint density at radius 1 is 0.696 bits per heavy atom. The van der Waals surface area contributed by atoms with Gasteiger partial charge in [0, 0.05) is 26.2 Å². The molecular formula is C20H40O2S. The van der Waals surface area contributed by atoms with E-state index in [-0.39, 0.29) is 6.61 Å². The van der Waals surface area contributed by atoms with Crippen molar-refractivity contribution in [1.29, 1.82) is 0 Å². The topological polar surface area (TPSA) is 29.5 Å². The van der Waals surface area contributed by atoms with Gasteiger partial charge in [-0.25, -0.2) is 0 Å². The van der Waals surface area contributed by atoms with Crippen LogP contribution in [-0.2, 0) is 4.74 Å². The maximum atomic E-state index is 8.63. The summed E-state index contributed by atoms with van der Waals surface area (Å²) in [5.41, 5.74) is 0. The Hall–Kier alpha value is -0.170. The highest BCUT2D eigenvalue weighted by atomic mass is 32.3. The average Bonchev–Trinajstić information content (AvgIpc) is 2.49. The van der Waals surface area contributed by atoms with E-state index in [9.17, 15) is 0 Å². The molecule has 0 atom stereocenters. The zero-order chi connectivity index (χ0) is 17.2. The fourth-order valence-corrected chi connectivity index (χ4v) is 2.90. The van der Waals surface area contributed by atoms with Crippen LogP contribution in [0.25, 0.3) is 0 Å². The van der Waals surface area contributed by atoms with Crippen LogP contribution in [0.15, 0.2) is 0 Å². The fourth-order valence-electron chi connectivity index (χ4n) is 2.37. The summed E-state index contributed by atoms with van der Waals surface area (Å²) in [5, 5.41) is 12.0. The predicted octanol–water partition coefficient (Wildman–Crippen LogP) is 5.33. The molecule has 0 aromatic heterocycles. The lowest BCUT2D eigenvalue weighted by atomic mass is 10.1. The molecule has 3 heteroatoms. The summed E-state index contributed by atoms with van der Waals surface area (Å²) in [7, 11) is -0.624. The number of hydrogen-bond donors (Lipinski definition) is 1. The van der Waals surface area contributed by atoms with Gasteiger partial charge in [-0.3, -0.25) is 0 Å². The van der Waals surface area contributed by atoms with Gasteiger partial charge in [-0.15, -0.1) is 0 Å². The van der Waals surface area contributed by atoms with Crippen molar-refractivity contribution in [1.82, 2.24) is 0 Å². The number of hydrogen-bond acceptors (Lipinski definition) is 2. The summed E-state index contributed by atoms with van der Waals surface area (Å²) in [6, 6.07) is 0. The molecule has 0 aliphatic rings. The smallest absolute Gasteiger partial charge is 0.0487 e. The molecule has 0 aliphatic carbocycles. The molecule has 0 unspecified atom stereocenters. The quantitative estimate of drug-likeness (QED) is 0.321. The Bertz CT molecular complexity index is 299. The summed E-state index contributed by atoms with van der Waals surface area (Å²) < 4.78 is 5.42. The van der Waals surface area contributed by atoms with Crippen molar-refractivity contribution in [2.75, 3.05) is 38.6 Å². The third-order valence-corrected chi connectivity index (χ3v) is 4.42. The summed E-state index contributed by atoms with van der Waals surface area (Å²) >= 11 is 0. The molecule has 2 nitrogen and oxygen atoms in total. The maximum Gasteiger partial charge on any atom is 0.0487 e. The number of unbranched alkanes of at least 4 members (excludes halogenated alkanes) is 10. The highest BCUT2D eigenvalue weighted by Crippen LogP contribution is 2.32. The number of aliphatic hydroxyl groups excluding tert-OH is 1. The lowest BCUT2D eigenvalue weighted by Gasteiger charge is -2.14. The van der Waals surface area contributed by atoms with E-state index in [1.54, 1.807) is 0 Å². The van der Waals surface area contributed by atoms with Gasteiger partial charge >= 0.3 is 0 Å². The lowest BCUT2D eigenvalue weighted by molar-refractivity contribution is 0.112. The van der Waals surface area contributed by atoms with E-state index in [0.29, 0.717) is 6.61 Å². The van der Waals surface area contributed by atoms with Crippen LogP contribution in [0.3, 0.4) is 0 Å². The molecule has 0 aromatic carbocycles. The van der Waals surface area contributed by atoms with Crippen molar-refractivity contribution in [3.05, 3.63) is 0 Å². The Labute approximate surface area is 147 Å². The van der Waals surface area contributed by atoms with E-state index in [1.807, 2.05) is 0 Å². The molecular weight excluding hydrogens is 304 g/mol. The van der Waals surface area contributed by atoms with Crippen LogP contribution in [0.2, 0.25) is 0 Å². The Kier molecular flexibility index (Phi) is 16.6. The van der Waals surface area contributed by atoms with Crippen molar-refractivity contribution in [3.8, 4) is 11.2 Å². The SMILES string of the molecule is CS(C)(C)C#CCCCCCCCCCCCCOCCCO. The molecule has 0 heterocycles. The minimum Gasteiger partial charge on any atom is -0.396 e. The molecule has 1 N–H and O–H groups in total. The van der Waals surface area contributed by atoms with Gasteiger partial charge in [-0.05, 0) is 38.0 Å². The van der Waals surface area contributed by atoms with Crippen LogP contribution in [-0.4, -0.2) is 43.7 Å². The largest absolute Gasteiger partial charge is 0.396 e. The van der Waals surface area contributed by atoms with Crippen molar-refractivity contribution >= 4 is 10.0 Å². The minimum absolute atomic E-state index is 0.241. The third-order valence-electron chi connectivity index (χ3n) is 3.67. The van der Waals surface area contributed by atoms with Crippen molar-refractivity contribution in [2.45, 2.75) is 77.0 Å². The first-order valence-electron chi connectivity index (χ1n) is 9.43. The van der Waals surface area contributed by atoms with E-state index in [2.05, 4.69) is 29.9 Å². The third kappa shape index (κ3) is 21.8. The highest BCUT2D eigenvalue weighted by Gasteiger charge is 1.96. The second-order valence-corrected chi connectivity index (χ2v) is 11.0. The summed E-state index contributed by atoms with van der Waals surface area (Å²) in [6.45, 7) is 1.81. The molecule has 0 radical (unpaired) electrons. The Morgan fingerprint density at radius 3 is 1.70 bits per heavy atom. The first-order valence-corrected chi connectivity index (χ1v) is 12.3. The van der Waals surface area contributed by atoms with Crippen LogP contribution < -0.4 is 0 Å². The standard InChI is InChI=1S/C20H40O2S/c1-23(2,3)20-15-13-11-9-7-5-4-6-8-10-12-14-18-22-19-16-17-21/h21H,4-14,16-19H2,1-3H3. The van der Waals surface area contributed by atoms with Gasteiger partial charge in [-0.2, -0.15) is 10.0 Å². The zero-order valence-corrected chi connectivity index (χ0v) is 16.7. The van der Waals surface area contributed by atoms with Gasteiger partial charge in [0.1, 0.15) is 0 Å². The van der Waals surface area contributed by atoms with E-state index < -0.39 is 10.0 Å². The van der Waals surface area contributed by atoms with Crippen LogP contribution in [0.1, 0.15) is 77.0 Å². The molecule has 23 heavy (non-hydrogen) atoms. The molecule has 138 valence electrons. The average molecular weight is 345 g/mol. The van der Waals surface area contributed by atoms with Gasteiger partial charge in [0.15, 0.2) is 0 Å². The van der Waals surface area contributed by atoms with Gasteiger partial charge in [0.05, 0.1) is 0 Å². The second kappa shape index (κ2) is 16.7. The van der Waals surface area contributed by atoms with E-state index in [4.69, 9.17) is 9.84 Å². The Balaban J connectivity index is 3.09. The van der Waals surface area contributed by atoms with E-state index in [0.717, 1.165) is 19.4 Å². The molecule has 0 rings (SSSR count). The Morgan fingerprint density at radius 2 is 1.17 bits per heavy atom. The molecule has 0 aromatic rings. The van der Waals surface area contributed by atoms with E-state index >= 15 is 0 Å². The van der Waals surface area contributed by atoms with Crippen LogP contribution >= 0.6 is 10.0 Å². The minimum atomic E-state index is -0.624. The van der Waals surface area contributed by atoms with Crippen LogP contribution in [0, 0.1) is 11.2 Å². The molecule has 0 fully saturated rings. The number of ether oxygens (including phenoxy) is 1.